The first-order valence-corrected chi connectivity index (χ1v) is 6.91. The summed E-state index contributed by atoms with van der Waals surface area (Å²) >= 11 is 0. The number of fused-ring (bicyclic) bond motifs is 1. The molecule has 3 rings (SSSR count). The number of benzene rings is 1. The highest BCUT2D eigenvalue weighted by atomic mass is 16.5. The van der Waals surface area contributed by atoms with Crippen LogP contribution < -0.4 is 10.5 Å². The Morgan fingerprint density at radius 2 is 1.90 bits per heavy atom. The first-order valence-electron chi connectivity index (χ1n) is 6.91. The maximum absolute atomic E-state index is 5.72. The number of nitrogens with two attached hydrogens (primary N) is 1. The van der Waals surface area contributed by atoms with Crippen LogP contribution in [0.1, 0.15) is 24.2 Å². The molecule has 0 aliphatic heterocycles. The minimum absolute atomic E-state index is 0.355. The highest BCUT2D eigenvalue weighted by Crippen LogP contribution is 2.22. The summed E-state index contributed by atoms with van der Waals surface area (Å²) in [6.45, 7) is 2.17. The summed E-state index contributed by atoms with van der Waals surface area (Å²) in [5, 5.41) is 0. The number of hydrogen-bond donors (Lipinski definition) is 2. The van der Waals surface area contributed by atoms with E-state index >= 15 is 0 Å². The van der Waals surface area contributed by atoms with E-state index in [4.69, 9.17) is 10.5 Å². The van der Waals surface area contributed by atoms with Gasteiger partial charge in [0.15, 0.2) is 5.65 Å². The number of imidazole rings is 1. The van der Waals surface area contributed by atoms with Crippen molar-refractivity contribution in [2.75, 3.05) is 12.8 Å². The summed E-state index contributed by atoms with van der Waals surface area (Å²) in [7, 11) is 1.60. The molecule has 2 aromatic heterocycles. The van der Waals surface area contributed by atoms with Crippen molar-refractivity contribution in [3.63, 3.8) is 0 Å². The monoisotopic (exact) mass is 282 g/mol. The van der Waals surface area contributed by atoms with Gasteiger partial charge in [-0.25, -0.2) is 4.98 Å². The Hall–Kier alpha value is -2.56. The molecule has 3 N–H and O–H groups in total. The van der Waals surface area contributed by atoms with Crippen LogP contribution in [0.25, 0.3) is 11.2 Å². The van der Waals surface area contributed by atoms with E-state index in [0.29, 0.717) is 17.4 Å². The van der Waals surface area contributed by atoms with Crippen LogP contribution in [0, 0.1) is 0 Å². The minimum Gasteiger partial charge on any atom is -0.481 e. The van der Waals surface area contributed by atoms with Gasteiger partial charge < -0.3 is 15.5 Å². The predicted octanol–water partition coefficient (Wildman–Crippen LogP) is 2.89. The lowest BCUT2D eigenvalue weighted by Gasteiger charge is -2.10. The van der Waals surface area contributed by atoms with Crippen molar-refractivity contribution in [1.29, 1.82) is 0 Å². The van der Waals surface area contributed by atoms with Crippen molar-refractivity contribution in [3.8, 4) is 5.88 Å². The number of nitrogens with zero attached hydrogens (tertiary/aromatic N) is 2. The molecule has 0 bridgehead atoms. The third-order valence-electron chi connectivity index (χ3n) is 3.58. The van der Waals surface area contributed by atoms with Gasteiger partial charge >= 0.3 is 0 Å². The molecule has 0 saturated heterocycles. The number of anilines is 1. The topological polar surface area (TPSA) is 76.8 Å². The SMILES string of the molecule is COc1ccc2[nH]c(CC(C)c3ccc(N)cc3)nc2n1. The predicted molar refractivity (Wildman–Crippen MR) is 83.4 cm³/mol. The number of hydrogen-bond acceptors (Lipinski definition) is 4. The third-order valence-corrected chi connectivity index (χ3v) is 3.58. The molecule has 1 unspecified atom stereocenters. The van der Waals surface area contributed by atoms with Crippen molar-refractivity contribution >= 4 is 16.9 Å². The smallest absolute Gasteiger partial charge is 0.215 e. The first-order chi connectivity index (χ1) is 10.2. The Morgan fingerprint density at radius 1 is 1.14 bits per heavy atom. The van der Waals surface area contributed by atoms with Gasteiger partial charge in [0.2, 0.25) is 5.88 Å². The van der Waals surface area contributed by atoms with Crippen molar-refractivity contribution < 1.29 is 4.74 Å². The van der Waals surface area contributed by atoms with Crippen LogP contribution >= 0.6 is 0 Å². The number of ether oxygens (including phenoxy) is 1. The van der Waals surface area contributed by atoms with E-state index in [0.717, 1.165) is 23.4 Å². The fourth-order valence-electron chi connectivity index (χ4n) is 2.37. The van der Waals surface area contributed by atoms with Crippen LogP contribution in [0.3, 0.4) is 0 Å². The van der Waals surface area contributed by atoms with E-state index in [1.165, 1.54) is 5.56 Å². The fraction of sp³-hybridized carbons (Fsp3) is 0.250. The number of rotatable bonds is 4. The normalized spacial score (nSPS) is 12.5. The van der Waals surface area contributed by atoms with E-state index in [1.54, 1.807) is 7.11 Å². The molecule has 0 spiro atoms. The third kappa shape index (κ3) is 2.81. The van der Waals surface area contributed by atoms with Crippen LogP contribution in [-0.4, -0.2) is 22.1 Å². The Bertz CT molecular complexity index is 749. The molecule has 0 aliphatic rings. The average Bonchev–Trinajstić information content (AvgIpc) is 2.88. The fourth-order valence-corrected chi connectivity index (χ4v) is 2.37. The van der Waals surface area contributed by atoms with E-state index in [2.05, 4.69) is 34.0 Å². The molecule has 3 aromatic rings. The second-order valence-electron chi connectivity index (χ2n) is 5.18. The lowest BCUT2D eigenvalue weighted by atomic mass is 9.97. The molecule has 21 heavy (non-hydrogen) atoms. The summed E-state index contributed by atoms with van der Waals surface area (Å²) < 4.78 is 5.12. The van der Waals surface area contributed by atoms with Gasteiger partial charge in [0.05, 0.1) is 12.6 Å². The van der Waals surface area contributed by atoms with Crippen molar-refractivity contribution in [2.45, 2.75) is 19.3 Å². The Labute approximate surface area is 123 Å². The molecule has 0 saturated carbocycles. The molecule has 0 radical (unpaired) electrons. The number of methoxy groups -OCH3 is 1. The maximum atomic E-state index is 5.72. The number of aromatic nitrogens is 3. The largest absolute Gasteiger partial charge is 0.481 e. The summed E-state index contributed by atoms with van der Waals surface area (Å²) in [4.78, 5) is 12.2. The molecule has 108 valence electrons. The molecule has 0 amide bonds. The Morgan fingerprint density at radius 3 is 2.62 bits per heavy atom. The number of nitrogen functional groups attached to an aromatic ring is 1. The number of pyridine rings is 1. The Kier molecular flexibility index (Phi) is 3.48. The summed E-state index contributed by atoms with van der Waals surface area (Å²) in [5.74, 6) is 1.86. The molecule has 5 heteroatoms. The van der Waals surface area contributed by atoms with Gasteiger partial charge in [0.25, 0.3) is 0 Å². The average molecular weight is 282 g/mol. The zero-order valence-corrected chi connectivity index (χ0v) is 12.1. The molecule has 1 aromatic carbocycles. The van der Waals surface area contributed by atoms with Gasteiger partial charge in [-0.1, -0.05) is 19.1 Å². The van der Waals surface area contributed by atoms with E-state index < -0.39 is 0 Å². The molecular formula is C16H18N4O. The van der Waals surface area contributed by atoms with Crippen LogP contribution in [-0.2, 0) is 6.42 Å². The summed E-state index contributed by atoms with van der Waals surface area (Å²) in [6.07, 6.45) is 0.822. The van der Waals surface area contributed by atoms with Crippen molar-refractivity contribution in [1.82, 2.24) is 15.0 Å². The Balaban J connectivity index is 1.82. The van der Waals surface area contributed by atoms with Crippen LogP contribution in [0.15, 0.2) is 36.4 Å². The minimum atomic E-state index is 0.355. The van der Waals surface area contributed by atoms with Gasteiger partial charge in [-0.2, -0.15) is 4.98 Å². The van der Waals surface area contributed by atoms with Crippen LogP contribution in [0.4, 0.5) is 5.69 Å². The van der Waals surface area contributed by atoms with Crippen molar-refractivity contribution in [3.05, 3.63) is 47.8 Å². The van der Waals surface area contributed by atoms with Gasteiger partial charge in [-0.3, -0.25) is 0 Å². The maximum Gasteiger partial charge on any atom is 0.215 e. The second-order valence-corrected chi connectivity index (χ2v) is 5.18. The van der Waals surface area contributed by atoms with Gasteiger partial charge in [0, 0.05) is 18.2 Å². The van der Waals surface area contributed by atoms with Gasteiger partial charge in [-0.15, -0.1) is 0 Å². The number of H-pyrrole nitrogens is 1. The zero-order chi connectivity index (χ0) is 14.8. The van der Waals surface area contributed by atoms with Gasteiger partial charge in [0.1, 0.15) is 5.82 Å². The molecule has 0 fully saturated rings. The van der Waals surface area contributed by atoms with Crippen LogP contribution in [0.5, 0.6) is 5.88 Å². The quantitative estimate of drug-likeness (QED) is 0.721. The van der Waals surface area contributed by atoms with Crippen LogP contribution in [0.2, 0.25) is 0 Å². The van der Waals surface area contributed by atoms with Crippen molar-refractivity contribution in [2.24, 2.45) is 0 Å². The second kappa shape index (κ2) is 5.44. The van der Waals surface area contributed by atoms with Gasteiger partial charge in [-0.05, 0) is 29.7 Å². The highest BCUT2D eigenvalue weighted by Gasteiger charge is 2.11. The first kappa shape index (κ1) is 13.4. The molecule has 2 heterocycles. The molecule has 0 aliphatic carbocycles. The molecule has 1 atom stereocenters. The van der Waals surface area contributed by atoms with E-state index in [1.807, 2.05) is 24.3 Å². The van der Waals surface area contributed by atoms with E-state index in [9.17, 15) is 0 Å². The lowest BCUT2D eigenvalue weighted by molar-refractivity contribution is 0.399. The van der Waals surface area contributed by atoms with E-state index in [-0.39, 0.29) is 0 Å². The zero-order valence-electron chi connectivity index (χ0n) is 12.1. The molecular weight excluding hydrogens is 264 g/mol. The summed E-state index contributed by atoms with van der Waals surface area (Å²) in [6, 6.07) is 11.7. The number of nitrogens with one attached hydrogen (secondary N) is 1. The lowest BCUT2D eigenvalue weighted by Crippen LogP contribution is -2.00. The highest BCUT2D eigenvalue weighted by molar-refractivity contribution is 5.71. The summed E-state index contributed by atoms with van der Waals surface area (Å²) in [5.41, 5.74) is 9.36. The standard InChI is InChI=1S/C16H18N4O/c1-10(11-3-5-12(17)6-4-11)9-14-18-13-7-8-15(21-2)20-16(13)19-14/h3-8,10H,9,17H2,1-2H3,(H,18,19,20). The molecule has 5 nitrogen and oxygen atoms in total. The number of aromatic amines is 1.